The first-order valence-electron chi connectivity index (χ1n) is 8.04. The molecule has 1 saturated heterocycles. The van der Waals surface area contributed by atoms with E-state index in [9.17, 15) is 4.79 Å². The van der Waals surface area contributed by atoms with Crippen LogP contribution in [0.25, 0.3) is 11.0 Å². The Morgan fingerprint density at radius 1 is 1.32 bits per heavy atom. The third-order valence-electron chi connectivity index (χ3n) is 4.20. The van der Waals surface area contributed by atoms with E-state index in [0.29, 0.717) is 30.3 Å². The Morgan fingerprint density at radius 2 is 2.24 bits per heavy atom. The average Bonchev–Trinajstić information content (AvgIpc) is 3.28. The number of rotatable bonds is 4. The number of furan rings is 1. The second-order valence-corrected chi connectivity index (χ2v) is 5.86. The normalized spacial score (nSPS) is 17.0. The van der Waals surface area contributed by atoms with Crippen molar-refractivity contribution in [1.29, 1.82) is 0 Å². The minimum absolute atomic E-state index is 0.0925. The Bertz CT molecular complexity index is 894. The van der Waals surface area contributed by atoms with Gasteiger partial charge in [0.05, 0.1) is 13.7 Å². The van der Waals surface area contributed by atoms with E-state index in [-0.39, 0.29) is 12.0 Å². The lowest BCUT2D eigenvalue weighted by Crippen LogP contribution is -2.30. The Balaban J connectivity index is 1.46. The van der Waals surface area contributed by atoms with Crippen LogP contribution in [-0.2, 0) is 0 Å². The topological polar surface area (TPSA) is 77.7 Å². The first kappa shape index (κ1) is 15.4. The minimum atomic E-state index is -0.139. The SMILES string of the molecule is COc1ccc2oc(C(=O)N3CC[C@@H](Oc4cccnn4)C3)cc2c1. The summed E-state index contributed by atoms with van der Waals surface area (Å²) < 4.78 is 16.6. The smallest absolute Gasteiger partial charge is 0.289 e. The number of methoxy groups -OCH3 is 1. The van der Waals surface area contributed by atoms with E-state index in [4.69, 9.17) is 13.9 Å². The molecule has 7 nitrogen and oxygen atoms in total. The molecular formula is C18H17N3O4. The van der Waals surface area contributed by atoms with E-state index in [1.54, 1.807) is 48.5 Å². The third-order valence-corrected chi connectivity index (χ3v) is 4.20. The van der Waals surface area contributed by atoms with Gasteiger partial charge in [-0.1, -0.05) is 0 Å². The molecule has 2 aromatic heterocycles. The van der Waals surface area contributed by atoms with Crippen LogP contribution in [0.15, 0.2) is 47.0 Å². The predicted molar refractivity (Wildman–Crippen MR) is 89.7 cm³/mol. The zero-order chi connectivity index (χ0) is 17.2. The van der Waals surface area contributed by atoms with Crippen LogP contribution in [0, 0.1) is 0 Å². The molecule has 1 atom stereocenters. The summed E-state index contributed by atoms with van der Waals surface area (Å²) >= 11 is 0. The molecule has 0 radical (unpaired) electrons. The second kappa shape index (κ2) is 6.43. The molecular weight excluding hydrogens is 322 g/mol. The molecule has 3 heterocycles. The highest BCUT2D eigenvalue weighted by Gasteiger charge is 2.30. The van der Waals surface area contributed by atoms with Gasteiger partial charge < -0.3 is 18.8 Å². The molecule has 7 heteroatoms. The summed E-state index contributed by atoms with van der Waals surface area (Å²) in [6.07, 6.45) is 2.25. The fourth-order valence-electron chi connectivity index (χ4n) is 2.94. The summed E-state index contributed by atoms with van der Waals surface area (Å²) in [5.74, 6) is 1.38. The number of benzene rings is 1. The van der Waals surface area contributed by atoms with Crippen molar-refractivity contribution in [3.63, 3.8) is 0 Å². The van der Waals surface area contributed by atoms with Crippen LogP contribution < -0.4 is 9.47 Å². The molecule has 1 aliphatic heterocycles. The number of hydrogen-bond acceptors (Lipinski definition) is 6. The average molecular weight is 339 g/mol. The Kier molecular flexibility index (Phi) is 3.97. The maximum atomic E-state index is 12.7. The van der Waals surface area contributed by atoms with E-state index in [1.165, 1.54) is 0 Å². The summed E-state index contributed by atoms with van der Waals surface area (Å²) in [6.45, 7) is 1.11. The van der Waals surface area contributed by atoms with Crippen molar-refractivity contribution >= 4 is 16.9 Å². The molecule has 128 valence electrons. The molecule has 0 saturated carbocycles. The van der Waals surface area contributed by atoms with E-state index in [1.807, 2.05) is 6.07 Å². The Morgan fingerprint density at radius 3 is 3.04 bits per heavy atom. The van der Waals surface area contributed by atoms with E-state index in [0.717, 1.165) is 17.6 Å². The van der Waals surface area contributed by atoms with Gasteiger partial charge in [-0.3, -0.25) is 4.79 Å². The van der Waals surface area contributed by atoms with Crippen LogP contribution in [0.2, 0.25) is 0 Å². The molecule has 3 aromatic rings. The second-order valence-electron chi connectivity index (χ2n) is 5.86. The van der Waals surface area contributed by atoms with Crippen molar-refractivity contribution in [2.75, 3.05) is 20.2 Å². The lowest BCUT2D eigenvalue weighted by molar-refractivity contribution is 0.0742. The molecule has 0 unspecified atom stereocenters. The predicted octanol–water partition coefficient (Wildman–Crippen LogP) is 2.52. The number of fused-ring (bicyclic) bond motifs is 1. The maximum absolute atomic E-state index is 12.7. The van der Waals surface area contributed by atoms with Crippen molar-refractivity contribution < 1.29 is 18.7 Å². The van der Waals surface area contributed by atoms with E-state index in [2.05, 4.69) is 10.2 Å². The third kappa shape index (κ3) is 3.13. The zero-order valence-corrected chi connectivity index (χ0v) is 13.7. The van der Waals surface area contributed by atoms with Crippen LogP contribution >= 0.6 is 0 Å². The van der Waals surface area contributed by atoms with Gasteiger partial charge in [-0.2, -0.15) is 5.10 Å². The quantitative estimate of drug-likeness (QED) is 0.727. The van der Waals surface area contributed by atoms with Crippen LogP contribution in [0.3, 0.4) is 0 Å². The van der Waals surface area contributed by atoms with Crippen molar-refractivity contribution in [2.45, 2.75) is 12.5 Å². The number of aromatic nitrogens is 2. The number of nitrogens with zero attached hydrogens (tertiary/aromatic N) is 3. The lowest BCUT2D eigenvalue weighted by atomic mass is 10.2. The molecule has 25 heavy (non-hydrogen) atoms. The fraction of sp³-hybridized carbons (Fsp3) is 0.278. The fourth-order valence-corrected chi connectivity index (χ4v) is 2.94. The van der Waals surface area contributed by atoms with Crippen molar-refractivity contribution in [3.8, 4) is 11.6 Å². The lowest BCUT2D eigenvalue weighted by Gasteiger charge is -2.15. The van der Waals surface area contributed by atoms with Gasteiger partial charge >= 0.3 is 0 Å². The van der Waals surface area contributed by atoms with Gasteiger partial charge in [-0.25, -0.2) is 0 Å². The molecule has 1 aliphatic rings. The number of carbonyl (C=O) groups is 1. The Hall–Kier alpha value is -3.09. The van der Waals surface area contributed by atoms with Gasteiger partial charge in [0.1, 0.15) is 17.4 Å². The summed E-state index contributed by atoms with van der Waals surface area (Å²) in [5, 5.41) is 8.54. The molecule has 1 aromatic carbocycles. The molecule has 4 rings (SSSR count). The largest absolute Gasteiger partial charge is 0.497 e. The van der Waals surface area contributed by atoms with Crippen LogP contribution in [0.4, 0.5) is 0 Å². The summed E-state index contributed by atoms with van der Waals surface area (Å²) in [4.78, 5) is 14.4. The van der Waals surface area contributed by atoms with Gasteiger partial charge in [0, 0.05) is 30.6 Å². The maximum Gasteiger partial charge on any atom is 0.289 e. The molecule has 1 amide bonds. The van der Waals surface area contributed by atoms with E-state index >= 15 is 0 Å². The standard InChI is InChI=1S/C18H17N3O4/c1-23-13-4-5-15-12(9-13)10-16(25-15)18(22)21-8-6-14(11-21)24-17-3-2-7-19-20-17/h2-5,7,9-10,14H,6,8,11H2,1H3/t14-/m1/s1. The van der Waals surface area contributed by atoms with Crippen LogP contribution in [0.5, 0.6) is 11.6 Å². The van der Waals surface area contributed by atoms with Crippen molar-refractivity contribution in [2.24, 2.45) is 0 Å². The number of amides is 1. The highest BCUT2D eigenvalue weighted by molar-refractivity contribution is 5.96. The summed E-state index contributed by atoms with van der Waals surface area (Å²) in [5.41, 5.74) is 0.663. The molecule has 0 aliphatic carbocycles. The minimum Gasteiger partial charge on any atom is -0.497 e. The van der Waals surface area contributed by atoms with Crippen molar-refractivity contribution in [1.82, 2.24) is 15.1 Å². The van der Waals surface area contributed by atoms with Gasteiger partial charge in [-0.15, -0.1) is 5.10 Å². The highest BCUT2D eigenvalue weighted by atomic mass is 16.5. The zero-order valence-electron chi connectivity index (χ0n) is 13.7. The van der Waals surface area contributed by atoms with Gasteiger partial charge in [0.15, 0.2) is 5.76 Å². The number of carbonyl (C=O) groups excluding carboxylic acids is 1. The van der Waals surface area contributed by atoms with Gasteiger partial charge in [0.2, 0.25) is 5.88 Å². The highest BCUT2D eigenvalue weighted by Crippen LogP contribution is 2.26. The van der Waals surface area contributed by atoms with Gasteiger partial charge in [0.25, 0.3) is 5.91 Å². The van der Waals surface area contributed by atoms with Gasteiger partial charge in [-0.05, 0) is 30.3 Å². The summed E-state index contributed by atoms with van der Waals surface area (Å²) in [6, 6.07) is 10.7. The number of ether oxygens (including phenoxy) is 2. The summed E-state index contributed by atoms with van der Waals surface area (Å²) in [7, 11) is 1.61. The Labute approximate surface area is 144 Å². The van der Waals surface area contributed by atoms with E-state index < -0.39 is 0 Å². The molecule has 0 N–H and O–H groups in total. The van der Waals surface area contributed by atoms with Crippen LogP contribution in [0.1, 0.15) is 17.0 Å². The first-order chi connectivity index (χ1) is 12.2. The monoisotopic (exact) mass is 339 g/mol. The molecule has 0 spiro atoms. The molecule has 0 bridgehead atoms. The molecule has 1 fully saturated rings. The first-order valence-corrected chi connectivity index (χ1v) is 8.04. The number of hydrogen-bond donors (Lipinski definition) is 0. The van der Waals surface area contributed by atoms with Crippen LogP contribution in [-0.4, -0.2) is 47.3 Å². The number of likely N-dealkylation sites (tertiary alicyclic amines) is 1. The van der Waals surface area contributed by atoms with Crippen molar-refractivity contribution in [3.05, 3.63) is 48.4 Å².